The Morgan fingerprint density at radius 3 is 2.69 bits per heavy atom. The van der Waals surface area contributed by atoms with Crippen LogP contribution in [0.25, 0.3) is 0 Å². The Kier molecular flexibility index (Phi) is 5.16. The van der Waals surface area contributed by atoms with Crippen LogP contribution in [0.2, 0.25) is 0 Å². The van der Waals surface area contributed by atoms with E-state index in [0.29, 0.717) is 5.92 Å². The van der Waals surface area contributed by atoms with Gasteiger partial charge in [-0.05, 0) is 24.5 Å². The van der Waals surface area contributed by atoms with Crippen LogP contribution in [0.5, 0.6) is 0 Å². The van der Waals surface area contributed by atoms with Gasteiger partial charge in [0, 0.05) is 11.5 Å². The molecule has 1 rings (SSSR count). The lowest BCUT2D eigenvalue weighted by molar-refractivity contribution is 0.774. The normalized spacial score (nSPS) is 11.1. The summed E-state index contributed by atoms with van der Waals surface area (Å²) >= 11 is 0. The molecule has 0 saturated heterocycles. The molecule has 0 aliphatic heterocycles. The summed E-state index contributed by atoms with van der Waals surface area (Å²) in [5.74, 6) is 6.85. The molecule has 82 valence electrons. The Balaban J connectivity index is 2.86. The van der Waals surface area contributed by atoms with Gasteiger partial charge in [-0.2, -0.15) is 0 Å². The minimum Gasteiger partial charge on any atom is -0.103 e. The van der Waals surface area contributed by atoms with Gasteiger partial charge in [-0.15, -0.1) is 13.2 Å². The number of hydrogen-bond acceptors (Lipinski definition) is 0. The van der Waals surface area contributed by atoms with Crippen LogP contribution < -0.4 is 0 Å². The largest absolute Gasteiger partial charge is 0.103 e. The first kappa shape index (κ1) is 12.3. The molecule has 1 atom stereocenters. The number of hydrogen-bond donors (Lipinski definition) is 0. The Morgan fingerprint density at radius 1 is 1.25 bits per heavy atom. The molecule has 0 saturated carbocycles. The van der Waals surface area contributed by atoms with E-state index in [1.54, 1.807) is 0 Å². The third-order valence-electron chi connectivity index (χ3n) is 2.36. The highest BCUT2D eigenvalue weighted by atomic mass is 14.0. The number of rotatable bonds is 4. The zero-order valence-electron chi connectivity index (χ0n) is 9.87. The van der Waals surface area contributed by atoms with E-state index in [0.717, 1.165) is 18.4 Å². The number of allylic oxidation sites excluding steroid dienone is 2. The first-order valence-electron chi connectivity index (χ1n) is 5.59. The summed E-state index contributed by atoms with van der Waals surface area (Å²) in [6.45, 7) is 9.60. The lowest BCUT2D eigenvalue weighted by atomic mass is 10.0. The van der Waals surface area contributed by atoms with Crippen molar-refractivity contribution < 1.29 is 0 Å². The van der Waals surface area contributed by atoms with Gasteiger partial charge in [-0.3, -0.25) is 0 Å². The molecule has 0 radical (unpaired) electrons. The fourth-order valence-electron chi connectivity index (χ4n) is 1.49. The number of benzene rings is 1. The average molecular weight is 210 g/mol. The molecule has 0 heterocycles. The molecule has 0 nitrogen and oxygen atoms in total. The van der Waals surface area contributed by atoms with Crippen LogP contribution in [0, 0.1) is 17.8 Å². The molecule has 0 heteroatoms. The van der Waals surface area contributed by atoms with Gasteiger partial charge in [0.05, 0.1) is 0 Å². The Labute approximate surface area is 98.7 Å². The highest BCUT2D eigenvalue weighted by Crippen LogP contribution is 2.09. The van der Waals surface area contributed by atoms with Gasteiger partial charge < -0.3 is 0 Å². The summed E-state index contributed by atoms with van der Waals surface area (Å²) in [6.07, 6.45) is 5.64. The highest BCUT2D eigenvalue weighted by molar-refractivity contribution is 5.42. The third-order valence-corrected chi connectivity index (χ3v) is 2.36. The second-order valence-corrected chi connectivity index (χ2v) is 3.84. The zero-order chi connectivity index (χ0) is 11.8. The van der Waals surface area contributed by atoms with Crippen molar-refractivity contribution in [3.63, 3.8) is 0 Å². The van der Waals surface area contributed by atoms with E-state index in [1.807, 2.05) is 24.3 Å². The van der Waals surface area contributed by atoms with Crippen LogP contribution in [-0.4, -0.2) is 0 Å². The maximum atomic E-state index is 3.76. The molecule has 0 fully saturated rings. The Morgan fingerprint density at radius 2 is 2.00 bits per heavy atom. The van der Waals surface area contributed by atoms with Gasteiger partial charge in [0.25, 0.3) is 0 Å². The SMILES string of the molecule is C=CCc1ccccc1C#CC(C)CC=C. The minimum absolute atomic E-state index is 0.370. The van der Waals surface area contributed by atoms with Crippen molar-refractivity contribution in [3.05, 3.63) is 60.7 Å². The summed E-state index contributed by atoms with van der Waals surface area (Å²) in [7, 11) is 0. The van der Waals surface area contributed by atoms with E-state index in [-0.39, 0.29) is 0 Å². The molecule has 0 aliphatic carbocycles. The van der Waals surface area contributed by atoms with Crippen molar-refractivity contribution in [2.75, 3.05) is 0 Å². The zero-order valence-corrected chi connectivity index (χ0v) is 9.87. The molecule has 1 aromatic carbocycles. The predicted octanol–water partition coefficient (Wildman–Crippen LogP) is 3.98. The molecule has 16 heavy (non-hydrogen) atoms. The van der Waals surface area contributed by atoms with E-state index >= 15 is 0 Å². The Bertz CT molecular complexity index is 415. The molecular weight excluding hydrogens is 192 g/mol. The summed E-state index contributed by atoms with van der Waals surface area (Å²) in [5, 5.41) is 0. The minimum atomic E-state index is 0.370. The molecule has 0 N–H and O–H groups in total. The maximum absolute atomic E-state index is 3.76. The standard InChI is InChI=1S/C16H18/c1-4-8-14(3)12-13-16-11-7-6-10-15(16)9-5-2/h4-7,10-11,14H,1-2,8-9H2,3H3. The van der Waals surface area contributed by atoms with E-state index < -0.39 is 0 Å². The molecule has 1 unspecified atom stereocenters. The molecular formula is C16H18. The monoisotopic (exact) mass is 210 g/mol. The predicted molar refractivity (Wildman–Crippen MR) is 71.2 cm³/mol. The molecule has 1 aromatic rings. The van der Waals surface area contributed by atoms with E-state index in [2.05, 4.69) is 44.1 Å². The van der Waals surface area contributed by atoms with Crippen LogP contribution in [0.1, 0.15) is 24.5 Å². The molecule has 0 aromatic heterocycles. The summed E-state index contributed by atoms with van der Waals surface area (Å²) in [6, 6.07) is 8.22. The van der Waals surface area contributed by atoms with Crippen LogP contribution in [0.4, 0.5) is 0 Å². The van der Waals surface area contributed by atoms with E-state index in [4.69, 9.17) is 0 Å². The van der Waals surface area contributed by atoms with Crippen LogP contribution in [0.15, 0.2) is 49.6 Å². The first-order valence-corrected chi connectivity index (χ1v) is 5.59. The van der Waals surface area contributed by atoms with Gasteiger partial charge in [0.1, 0.15) is 0 Å². The Hall–Kier alpha value is -1.74. The van der Waals surface area contributed by atoms with Gasteiger partial charge in [-0.1, -0.05) is 49.1 Å². The molecule has 0 spiro atoms. The van der Waals surface area contributed by atoms with E-state index in [1.165, 1.54) is 5.56 Å². The lowest BCUT2D eigenvalue weighted by Gasteiger charge is -2.01. The van der Waals surface area contributed by atoms with Gasteiger partial charge >= 0.3 is 0 Å². The van der Waals surface area contributed by atoms with Crippen molar-refractivity contribution in [1.82, 2.24) is 0 Å². The average Bonchev–Trinajstić information content (AvgIpc) is 2.29. The van der Waals surface area contributed by atoms with Gasteiger partial charge in [0.15, 0.2) is 0 Å². The van der Waals surface area contributed by atoms with Crippen LogP contribution in [-0.2, 0) is 6.42 Å². The topological polar surface area (TPSA) is 0 Å². The molecule has 0 aliphatic rings. The first-order chi connectivity index (χ1) is 7.77. The smallest absolute Gasteiger partial charge is 0.0280 e. The fourth-order valence-corrected chi connectivity index (χ4v) is 1.49. The van der Waals surface area contributed by atoms with Crippen LogP contribution >= 0.6 is 0 Å². The molecule has 0 bridgehead atoms. The van der Waals surface area contributed by atoms with Gasteiger partial charge in [0.2, 0.25) is 0 Å². The molecule has 0 amide bonds. The van der Waals surface area contributed by atoms with E-state index in [9.17, 15) is 0 Å². The van der Waals surface area contributed by atoms with Gasteiger partial charge in [-0.25, -0.2) is 0 Å². The second kappa shape index (κ2) is 6.69. The summed E-state index contributed by atoms with van der Waals surface area (Å²) in [4.78, 5) is 0. The van der Waals surface area contributed by atoms with Crippen molar-refractivity contribution in [3.8, 4) is 11.8 Å². The van der Waals surface area contributed by atoms with Crippen molar-refractivity contribution in [2.24, 2.45) is 5.92 Å². The summed E-state index contributed by atoms with van der Waals surface area (Å²) < 4.78 is 0. The second-order valence-electron chi connectivity index (χ2n) is 3.84. The van der Waals surface area contributed by atoms with Crippen molar-refractivity contribution >= 4 is 0 Å². The quantitative estimate of drug-likeness (QED) is 0.521. The third kappa shape index (κ3) is 3.79. The fraction of sp³-hybridized carbons (Fsp3) is 0.250. The van der Waals surface area contributed by atoms with Crippen molar-refractivity contribution in [2.45, 2.75) is 19.8 Å². The lowest BCUT2D eigenvalue weighted by Crippen LogP contribution is -1.90. The maximum Gasteiger partial charge on any atom is 0.0280 e. The highest BCUT2D eigenvalue weighted by Gasteiger charge is 1.97. The van der Waals surface area contributed by atoms with Crippen LogP contribution in [0.3, 0.4) is 0 Å². The van der Waals surface area contributed by atoms with Crippen molar-refractivity contribution in [1.29, 1.82) is 0 Å². The summed E-state index contributed by atoms with van der Waals surface area (Å²) in [5.41, 5.74) is 2.36.